The number of rotatable bonds is 26. The van der Waals surface area contributed by atoms with Crippen molar-refractivity contribution in [3.63, 3.8) is 0 Å². The summed E-state index contributed by atoms with van der Waals surface area (Å²) in [6.45, 7) is 5.31. The molecule has 6 unspecified atom stereocenters. The van der Waals surface area contributed by atoms with Crippen LogP contribution in [0.2, 0.25) is 0 Å². The summed E-state index contributed by atoms with van der Waals surface area (Å²) < 4.78 is 73.6. The zero-order chi connectivity index (χ0) is 55.4. The average Bonchev–Trinajstić information content (AvgIpc) is 3.86. The molecule has 77 heavy (non-hydrogen) atoms. The van der Waals surface area contributed by atoms with Gasteiger partial charge >= 0.3 is 10.4 Å². The smallest absolute Gasteiger partial charge is 0.397 e. The molecule has 0 bridgehead atoms. The minimum atomic E-state index is -4.53. The quantitative estimate of drug-likeness (QED) is 0.0458. The third-order valence-corrected chi connectivity index (χ3v) is 15.7. The maximum Gasteiger partial charge on any atom is 0.397 e. The molecule has 26 nitrogen and oxygen atoms in total. The molecule has 0 radical (unpaired) electrons. The highest BCUT2D eigenvalue weighted by atomic mass is 32.3. The van der Waals surface area contributed by atoms with Crippen molar-refractivity contribution < 1.29 is 90.3 Å². The minimum Gasteiger partial charge on any atom is -0.471 e. The monoisotopic (exact) mass is 1110 g/mol. The van der Waals surface area contributed by atoms with Crippen LogP contribution in [0.4, 0.5) is 0 Å². The SMILES string of the molecule is CCC1CC(C(=O)CCCNC(=O)c2ccc(OCc3cn(CCCOS(=O)(=O)O)nn3)nc2)C[C@@H](O[C@@H]2O[C@@H](CO)[C@H](O)C(O[C@@H](CC3CCCCC3)C(=O)N3CCC3)C2NC(C)=O)[C@@H]1O[C@@H]1OC(C)[C@@H](O)[C@H](O)C1O. The van der Waals surface area contributed by atoms with Gasteiger partial charge in [-0.3, -0.25) is 28.4 Å². The Balaban J connectivity index is 1.01. The fourth-order valence-electron chi connectivity index (χ4n) is 10.8. The fourth-order valence-corrected chi connectivity index (χ4v) is 11.1. The lowest BCUT2D eigenvalue weighted by Crippen LogP contribution is -2.67. The van der Waals surface area contributed by atoms with E-state index in [0.29, 0.717) is 38.0 Å². The van der Waals surface area contributed by atoms with Crippen LogP contribution in [-0.2, 0) is 65.8 Å². The molecule has 432 valence electrons. The Morgan fingerprint density at radius 1 is 0.922 bits per heavy atom. The Morgan fingerprint density at radius 2 is 1.69 bits per heavy atom. The standard InChI is InChI=1S/C50H77N7O19S/c1-4-31-22-33(35(60)13-8-16-51-47(65)32-14-15-39(52-24-32)70-27-34-25-57(55-54-34)19-10-20-71-77(67,68)69)23-36(45(31)76-50-44(64)43(63)41(61)28(2)72-50)74-49-40(53-29(3)59)46(42(62)38(26-58)75-49)73-37(48(66)56-17-9-18-56)21-30-11-6-5-7-12-30/h14-15,24-25,28,30-31,33,36-38,40-46,49-50,58,61-64H,4-13,16-23,26-27H2,1-3H3,(H,51,65)(H,53,59)(H,67,68,69)/t28?,31?,33?,36-,37+,38+,40?,41-,42+,43+,44?,45-,46?,49-,50+/m1/s1. The second-order valence-electron chi connectivity index (χ2n) is 20.8. The molecule has 3 amide bonds. The molecule has 2 aliphatic carbocycles. The van der Waals surface area contributed by atoms with Gasteiger partial charge in [-0.25, -0.2) is 9.17 Å². The van der Waals surface area contributed by atoms with Crippen molar-refractivity contribution in [3.8, 4) is 5.88 Å². The summed E-state index contributed by atoms with van der Waals surface area (Å²) in [5, 5.41) is 68.3. The first kappa shape index (κ1) is 60.3. The number of pyridine rings is 1. The zero-order valence-electron chi connectivity index (χ0n) is 43.8. The van der Waals surface area contributed by atoms with E-state index >= 15 is 0 Å². The number of nitrogens with one attached hydrogen (secondary N) is 2. The molecule has 0 aromatic carbocycles. The number of carbonyl (C=O) groups excluding carboxylic acids is 4. The highest BCUT2D eigenvalue weighted by molar-refractivity contribution is 7.80. The molecule has 5 aliphatic rings. The third kappa shape index (κ3) is 16.6. The lowest BCUT2D eigenvalue weighted by molar-refractivity contribution is -0.338. The van der Waals surface area contributed by atoms with Gasteiger partial charge in [-0.2, -0.15) is 8.42 Å². The second kappa shape index (κ2) is 28.2. The minimum absolute atomic E-state index is 0.000269. The van der Waals surface area contributed by atoms with Gasteiger partial charge in [-0.1, -0.05) is 50.7 Å². The van der Waals surface area contributed by atoms with E-state index in [0.717, 1.165) is 38.5 Å². The zero-order valence-corrected chi connectivity index (χ0v) is 44.6. The number of amides is 3. The van der Waals surface area contributed by atoms with Crippen molar-refractivity contribution in [2.24, 2.45) is 17.8 Å². The van der Waals surface area contributed by atoms with E-state index in [9.17, 15) is 53.1 Å². The lowest BCUT2D eigenvalue weighted by Gasteiger charge is -2.49. The maximum atomic E-state index is 14.2. The molecule has 5 heterocycles. The molecule has 5 fully saturated rings. The van der Waals surface area contributed by atoms with E-state index in [2.05, 4.69) is 30.1 Å². The number of carbonyl (C=O) groups is 4. The van der Waals surface area contributed by atoms with Gasteiger partial charge in [0.2, 0.25) is 11.8 Å². The molecular weight excluding hydrogens is 1030 g/mol. The van der Waals surface area contributed by atoms with Crippen molar-refractivity contribution >= 4 is 33.9 Å². The van der Waals surface area contributed by atoms with Crippen LogP contribution in [0.25, 0.3) is 0 Å². The van der Waals surface area contributed by atoms with E-state index in [1.807, 2.05) is 6.92 Å². The van der Waals surface area contributed by atoms with Gasteiger partial charge in [0.1, 0.15) is 66.9 Å². The number of Topliss-reactive ketones (excluding diaryl/α,β-unsaturated/α-hetero) is 1. The van der Waals surface area contributed by atoms with Crippen molar-refractivity contribution in [2.75, 3.05) is 32.8 Å². The lowest BCUT2D eigenvalue weighted by atomic mass is 9.74. The predicted octanol–water partition coefficient (Wildman–Crippen LogP) is 0.114. The molecule has 27 heteroatoms. The van der Waals surface area contributed by atoms with Crippen LogP contribution in [0, 0.1) is 17.8 Å². The number of hydrogen-bond acceptors (Lipinski definition) is 21. The fraction of sp³-hybridized carbons (Fsp3) is 0.780. The largest absolute Gasteiger partial charge is 0.471 e. The molecule has 3 aliphatic heterocycles. The van der Waals surface area contributed by atoms with Gasteiger partial charge in [-0.15, -0.1) is 5.10 Å². The first-order chi connectivity index (χ1) is 36.8. The number of ketones is 1. The van der Waals surface area contributed by atoms with Crippen LogP contribution in [-0.4, -0.2) is 199 Å². The van der Waals surface area contributed by atoms with Crippen molar-refractivity contribution in [1.29, 1.82) is 0 Å². The molecule has 15 atom stereocenters. The van der Waals surface area contributed by atoms with Crippen LogP contribution < -0.4 is 15.4 Å². The number of likely N-dealkylation sites (tertiary alicyclic amines) is 1. The van der Waals surface area contributed by atoms with Crippen molar-refractivity contribution in [2.45, 2.75) is 197 Å². The Bertz CT molecular complexity index is 2340. The van der Waals surface area contributed by atoms with Gasteiger partial charge < -0.3 is 69.5 Å². The molecule has 2 aromatic rings. The molecule has 0 spiro atoms. The molecule has 7 rings (SSSR count). The van der Waals surface area contributed by atoms with Gasteiger partial charge in [0.05, 0.1) is 43.3 Å². The van der Waals surface area contributed by atoms with E-state index in [1.165, 1.54) is 36.9 Å². The first-order valence-corrected chi connectivity index (χ1v) is 28.3. The Labute approximate surface area is 447 Å². The van der Waals surface area contributed by atoms with Gasteiger partial charge in [0, 0.05) is 57.7 Å². The number of aromatic nitrogens is 4. The van der Waals surface area contributed by atoms with Crippen molar-refractivity contribution in [1.82, 2.24) is 35.5 Å². The Hall–Kier alpha value is -4.36. The van der Waals surface area contributed by atoms with Gasteiger partial charge in [-0.05, 0) is 63.4 Å². The van der Waals surface area contributed by atoms with Crippen LogP contribution in [0.3, 0.4) is 0 Å². The number of hydrogen-bond donors (Lipinski definition) is 8. The molecule has 3 saturated heterocycles. The van der Waals surface area contributed by atoms with E-state index in [4.69, 9.17) is 33.0 Å². The first-order valence-electron chi connectivity index (χ1n) is 26.9. The number of aryl methyl sites for hydroxylation is 1. The summed E-state index contributed by atoms with van der Waals surface area (Å²) in [6, 6.07) is 1.79. The third-order valence-electron chi connectivity index (χ3n) is 15.2. The number of ether oxygens (including phenoxy) is 6. The number of aliphatic hydroxyl groups excluding tert-OH is 5. The van der Waals surface area contributed by atoms with Gasteiger partial charge in [0.25, 0.3) is 11.8 Å². The highest BCUT2D eigenvalue weighted by Gasteiger charge is 2.53. The summed E-state index contributed by atoms with van der Waals surface area (Å²) in [5.74, 6) is -1.97. The predicted molar refractivity (Wildman–Crippen MR) is 266 cm³/mol. The van der Waals surface area contributed by atoms with Crippen LogP contribution >= 0.6 is 0 Å². The summed E-state index contributed by atoms with van der Waals surface area (Å²) >= 11 is 0. The molecule has 2 aromatic heterocycles. The van der Waals surface area contributed by atoms with E-state index in [1.54, 1.807) is 11.1 Å². The number of nitrogens with zero attached hydrogens (tertiary/aromatic N) is 5. The second-order valence-corrected chi connectivity index (χ2v) is 21.9. The molecule has 8 N–H and O–H groups in total. The van der Waals surface area contributed by atoms with Crippen LogP contribution in [0.15, 0.2) is 24.5 Å². The summed E-state index contributed by atoms with van der Waals surface area (Å²) in [6.07, 6.45) is -5.05. The topological polar surface area (TPSA) is 359 Å². The molecule has 2 saturated carbocycles. The summed E-state index contributed by atoms with van der Waals surface area (Å²) in [5.41, 5.74) is 0.692. The molecular formula is C50H77N7O19S. The number of aliphatic hydroxyl groups is 5. The summed E-state index contributed by atoms with van der Waals surface area (Å²) in [4.78, 5) is 60.3. The van der Waals surface area contributed by atoms with Gasteiger partial charge in [0.15, 0.2) is 12.6 Å². The Morgan fingerprint density at radius 3 is 2.35 bits per heavy atom. The van der Waals surface area contributed by atoms with Crippen LogP contribution in [0.5, 0.6) is 5.88 Å². The summed E-state index contributed by atoms with van der Waals surface area (Å²) in [7, 11) is -4.53. The highest BCUT2D eigenvalue weighted by Crippen LogP contribution is 2.41. The van der Waals surface area contributed by atoms with Crippen molar-refractivity contribution in [3.05, 3.63) is 35.8 Å². The normalized spacial score (nSPS) is 31.5. The average molecular weight is 1110 g/mol. The van der Waals surface area contributed by atoms with E-state index in [-0.39, 0.29) is 81.0 Å². The Kier molecular flexibility index (Phi) is 22.1. The van der Waals surface area contributed by atoms with Crippen LogP contribution in [0.1, 0.15) is 120 Å². The van der Waals surface area contributed by atoms with E-state index < -0.39 is 120 Å². The maximum absolute atomic E-state index is 14.2.